The summed E-state index contributed by atoms with van der Waals surface area (Å²) in [5, 5.41) is 5.25. The van der Waals surface area contributed by atoms with E-state index in [0.29, 0.717) is 14.4 Å². The quantitative estimate of drug-likeness (QED) is 0.393. The molecule has 1 fully saturated rings. The van der Waals surface area contributed by atoms with E-state index in [0.717, 1.165) is 22.4 Å². The fourth-order valence-electron chi connectivity index (χ4n) is 2.97. The highest BCUT2D eigenvalue weighted by Gasteiger charge is 2.32. The minimum absolute atomic E-state index is 0.143. The Morgan fingerprint density at radius 2 is 1.90 bits per heavy atom. The van der Waals surface area contributed by atoms with Gasteiger partial charge in [-0.15, -0.1) is 11.3 Å². The average molecular weight is 466 g/mol. The monoisotopic (exact) mass is 465 g/mol. The van der Waals surface area contributed by atoms with E-state index in [1.165, 1.54) is 28.0 Å². The van der Waals surface area contributed by atoms with Crippen LogP contribution in [0.3, 0.4) is 0 Å². The fraction of sp³-hybridized carbons (Fsp3) is 0.130. The van der Waals surface area contributed by atoms with E-state index >= 15 is 0 Å². The molecule has 2 aromatic carbocycles. The first-order chi connectivity index (χ1) is 15.0. The molecule has 0 unspecified atom stereocenters. The highest BCUT2D eigenvalue weighted by Crippen LogP contribution is 2.32. The summed E-state index contributed by atoms with van der Waals surface area (Å²) < 4.78 is 0.469. The molecule has 1 saturated heterocycles. The number of nitrogens with zero attached hydrogens (tertiary/aromatic N) is 2. The second-order valence-corrected chi connectivity index (χ2v) is 9.48. The lowest BCUT2D eigenvalue weighted by atomic mass is 10.1. The Hall–Kier alpha value is -2.81. The van der Waals surface area contributed by atoms with Gasteiger partial charge in [-0.25, -0.2) is 4.98 Å². The SMILES string of the molecule is Cc1ccc(/C=C2\SC(=S)N(CCC(=O)Nc3nc(-c4ccccc4)cs3)C2=O)cc1. The van der Waals surface area contributed by atoms with E-state index in [2.05, 4.69) is 10.3 Å². The van der Waals surface area contributed by atoms with Gasteiger partial charge in [0, 0.05) is 23.9 Å². The Morgan fingerprint density at radius 1 is 1.16 bits per heavy atom. The first-order valence-corrected chi connectivity index (χ1v) is 11.7. The lowest BCUT2D eigenvalue weighted by molar-refractivity contribution is -0.122. The number of thioether (sulfide) groups is 1. The molecular formula is C23H19N3O2S3. The van der Waals surface area contributed by atoms with Crippen LogP contribution in [0.5, 0.6) is 0 Å². The number of thiocarbonyl (C=S) groups is 1. The van der Waals surface area contributed by atoms with Gasteiger partial charge in [0.15, 0.2) is 5.13 Å². The molecule has 2 amide bonds. The van der Waals surface area contributed by atoms with E-state index in [4.69, 9.17) is 12.2 Å². The van der Waals surface area contributed by atoms with Crippen molar-refractivity contribution in [2.75, 3.05) is 11.9 Å². The van der Waals surface area contributed by atoms with Crippen LogP contribution in [0.4, 0.5) is 5.13 Å². The number of aromatic nitrogens is 1. The van der Waals surface area contributed by atoms with Crippen LogP contribution in [0, 0.1) is 6.92 Å². The van der Waals surface area contributed by atoms with Gasteiger partial charge >= 0.3 is 0 Å². The standard InChI is InChI=1S/C23H19N3O2S3/c1-15-7-9-16(10-8-15)13-19-21(28)26(23(29)31-19)12-11-20(27)25-22-24-18(14-30-22)17-5-3-2-4-6-17/h2-10,13-14H,11-12H2,1H3,(H,24,25,27)/b19-13-. The largest absolute Gasteiger partial charge is 0.302 e. The molecule has 1 aliphatic rings. The van der Waals surface area contributed by atoms with Crippen LogP contribution < -0.4 is 5.32 Å². The molecule has 5 nitrogen and oxygen atoms in total. The zero-order chi connectivity index (χ0) is 21.8. The van der Waals surface area contributed by atoms with E-state index in [1.54, 1.807) is 0 Å². The number of aryl methyl sites for hydroxylation is 1. The molecule has 1 N–H and O–H groups in total. The number of nitrogens with one attached hydrogen (secondary N) is 1. The zero-order valence-corrected chi connectivity index (χ0v) is 19.2. The van der Waals surface area contributed by atoms with Gasteiger partial charge in [0.2, 0.25) is 5.91 Å². The van der Waals surface area contributed by atoms with E-state index in [-0.39, 0.29) is 24.8 Å². The summed E-state index contributed by atoms with van der Waals surface area (Å²) in [4.78, 5) is 31.6. The molecule has 8 heteroatoms. The van der Waals surface area contributed by atoms with E-state index < -0.39 is 0 Å². The summed E-state index contributed by atoms with van der Waals surface area (Å²) in [5.74, 6) is -0.366. The van der Waals surface area contributed by atoms with Crippen molar-refractivity contribution < 1.29 is 9.59 Å². The second kappa shape index (κ2) is 9.55. The number of hydrogen-bond acceptors (Lipinski definition) is 6. The Kier molecular flexibility index (Phi) is 6.60. The van der Waals surface area contributed by atoms with Crippen molar-refractivity contribution in [2.24, 2.45) is 0 Å². The molecule has 1 aromatic heterocycles. The number of carbonyl (C=O) groups is 2. The van der Waals surface area contributed by atoms with Crippen LogP contribution in [-0.2, 0) is 9.59 Å². The van der Waals surface area contributed by atoms with Crippen molar-refractivity contribution in [1.29, 1.82) is 0 Å². The summed E-state index contributed by atoms with van der Waals surface area (Å²) in [7, 11) is 0. The molecular weight excluding hydrogens is 446 g/mol. The predicted molar refractivity (Wildman–Crippen MR) is 132 cm³/mol. The van der Waals surface area contributed by atoms with E-state index in [9.17, 15) is 9.59 Å². The van der Waals surface area contributed by atoms with Gasteiger partial charge in [0.25, 0.3) is 5.91 Å². The summed E-state index contributed by atoms with van der Waals surface area (Å²) in [6.45, 7) is 2.25. The highest BCUT2D eigenvalue weighted by molar-refractivity contribution is 8.26. The molecule has 0 aliphatic carbocycles. The van der Waals surface area contributed by atoms with Crippen LogP contribution in [0.2, 0.25) is 0 Å². The molecule has 0 radical (unpaired) electrons. The topological polar surface area (TPSA) is 62.3 Å². The van der Waals surface area contributed by atoms with Gasteiger partial charge in [-0.1, -0.05) is 84.1 Å². The molecule has 0 spiro atoms. The van der Waals surface area contributed by atoms with E-state index in [1.807, 2.05) is 73.0 Å². The zero-order valence-electron chi connectivity index (χ0n) is 16.7. The van der Waals surface area contributed by atoms with Gasteiger partial charge in [0.05, 0.1) is 10.6 Å². The molecule has 1 aliphatic heterocycles. The number of thiazole rings is 1. The van der Waals surface area contributed by atoms with Gasteiger partial charge in [0.1, 0.15) is 4.32 Å². The molecule has 0 bridgehead atoms. The molecule has 2 heterocycles. The van der Waals surface area contributed by atoms with Crippen molar-refractivity contribution in [3.63, 3.8) is 0 Å². The van der Waals surface area contributed by atoms with Crippen LogP contribution in [-0.4, -0.2) is 32.6 Å². The van der Waals surface area contributed by atoms with Crippen molar-refractivity contribution >= 4 is 62.7 Å². The number of amides is 2. The molecule has 0 atom stereocenters. The maximum atomic E-state index is 12.7. The van der Waals surface area contributed by atoms with Crippen molar-refractivity contribution in [3.05, 3.63) is 76.0 Å². The minimum Gasteiger partial charge on any atom is -0.302 e. The summed E-state index contributed by atoms with van der Waals surface area (Å²) in [5.41, 5.74) is 3.92. The van der Waals surface area contributed by atoms with Crippen molar-refractivity contribution in [3.8, 4) is 11.3 Å². The normalized spacial score (nSPS) is 15.0. The van der Waals surface area contributed by atoms with Crippen molar-refractivity contribution in [2.45, 2.75) is 13.3 Å². The molecule has 156 valence electrons. The maximum Gasteiger partial charge on any atom is 0.266 e. The average Bonchev–Trinajstić information content (AvgIpc) is 3.33. The molecule has 31 heavy (non-hydrogen) atoms. The minimum atomic E-state index is -0.203. The summed E-state index contributed by atoms with van der Waals surface area (Å²) >= 11 is 7.99. The van der Waals surface area contributed by atoms with Crippen LogP contribution in [0.25, 0.3) is 17.3 Å². The Morgan fingerprint density at radius 3 is 2.65 bits per heavy atom. The number of benzene rings is 2. The lowest BCUT2D eigenvalue weighted by Crippen LogP contribution is -2.31. The third kappa shape index (κ3) is 5.28. The van der Waals surface area contributed by atoms with Gasteiger partial charge in [-0.3, -0.25) is 14.5 Å². The first-order valence-electron chi connectivity index (χ1n) is 9.62. The van der Waals surface area contributed by atoms with Crippen LogP contribution in [0.1, 0.15) is 17.5 Å². The first kappa shape index (κ1) is 21.4. The summed E-state index contributed by atoms with van der Waals surface area (Å²) in [6, 6.07) is 17.7. The Labute approximate surface area is 194 Å². The molecule has 4 rings (SSSR count). The second-order valence-electron chi connectivity index (χ2n) is 6.95. The summed E-state index contributed by atoms with van der Waals surface area (Å²) in [6.07, 6.45) is 1.98. The van der Waals surface area contributed by atoms with Gasteiger partial charge < -0.3 is 5.32 Å². The third-order valence-corrected chi connectivity index (χ3v) is 6.77. The Bertz CT molecular complexity index is 1150. The maximum absolute atomic E-state index is 12.7. The van der Waals surface area contributed by atoms with Gasteiger partial charge in [-0.05, 0) is 18.6 Å². The number of anilines is 1. The van der Waals surface area contributed by atoms with Gasteiger partial charge in [-0.2, -0.15) is 0 Å². The van der Waals surface area contributed by atoms with Crippen LogP contribution in [0.15, 0.2) is 64.9 Å². The fourth-order valence-corrected chi connectivity index (χ4v) is 5.02. The highest BCUT2D eigenvalue weighted by atomic mass is 32.2. The Balaban J connectivity index is 1.34. The van der Waals surface area contributed by atoms with Crippen LogP contribution >= 0.6 is 35.3 Å². The molecule has 0 saturated carbocycles. The van der Waals surface area contributed by atoms with Crippen molar-refractivity contribution in [1.82, 2.24) is 9.88 Å². The predicted octanol–water partition coefficient (Wildman–Crippen LogP) is 5.35. The third-order valence-electron chi connectivity index (χ3n) is 4.63. The number of hydrogen-bond donors (Lipinski definition) is 1. The number of carbonyl (C=O) groups excluding carboxylic acids is 2. The lowest BCUT2D eigenvalue weighted by Gasteiger charge is -2.13. The molecule has 3 aromatic rings. The number of rotatable bonds is 6. The smallest absolute Gasteiger partial charge is 0.266 e.